The quantitative estimate of drug-likeness (QED) is 0.653. The van der Waals surface area contributed by atoms with Gasteiger partial charge in [0.1, 0.15) is 10.8 Å². The van der Waals surface area contributed by atoms with E-state index in [0.717, 1.165) is 0 Å². The minimum absolute atomic E-state index is 0.0440. The lowest BCUT2D eigenvalue weighted by Gasteiger charge is -2.23. The Labute approximate surface area is 103 Å². The number of ether oxygens (including phenoxy) is 1. The van der Waals surface area contributed by atoms with Crippen LogP contribution in [-0.2, 0) is 19.4 Å². The van der Waals surface area contributed by atoms with E-state index in [-0.39, 0.29) is 10.6 Å². The van der Waals surface area contributed by atoms with Gasteiger partial charge in [-0.1, -0.05) is 6.08 Å². The Bertz CT molecular complexity index is 600. The minimum Gasteiger partial charge on any atom is -0.437 e. The van der Waals surface area contributed by atoms with E-state index in [9.17, 15) is 18.0 Å². The highest BCUT2D eigenvalue weighted by molar-refractivity contribution is 7.95. The Morgan fingerprint density at radius 3 is 2.83 bits per heavy atom. The molecule has 18 heavy (non-hydrogen) atoms. The molecule has 0 bridgehead atoms. The smallest absolute Gasteiger partial charge is 0.405 e. The number of amides is 1. The number of Topliss-reactive ketones (excluding diaryl/α,β-unsaturated/α-hetero) is 1. The van der Waals surface area contributed by atoms with E-state index in [4.69, 9.17) is 5.73 Å². The van der Waals surface area contributed by atoms with E-state index in [2.05, 4.69) is 10.1 Å². The van der Waals surface area contributed by atoms with Crippen molar-refractivity contribution in [3.8, 4) is 0 Å². The number of nitrogens with one attached hydrogen (secondary N) is 1. The molecule has 0 saturated carbocycles. The molecule has 7 nitrogen and oxygen atoms in total. The molecule has 2 heterocycles. The van der Waals surface area contributed by atoms with E-state index in [1.165, 1.54) is 18.4 Å². The largest absolute Gasteiger partial charge is 0.437 e. The van der Waals surface area contributed by atoms with E-state index in [1.807, 2.05) is 0 Å². The third-order valence-electron chi connectivity index (χ3n) is 2.43. The van der Waals surface area contributed by atoms with Crippen molar-refractivity contribution in [2.45, 2.75) is 6.10 Å². The molecule has 0 spiro atoms. The lowest BCUT2D eigenvalue weighted by atomic mass is 10.1. The first kappa shape index (κ1) is 12.4. The average molecular weight is 270 g/mol. The maximum atomic E-state index is 12.0. The van der Waals surface area contributed by atoms with Crippen LogP contribution in [0.2, 0.25) is 0 Å². The molecular formula is C10H10N2O5S. The third-order valence-corrected chi connectivity index (χ3v) is 4.13. The summed E-state index contributed by atoms with van der Waals surface area (Å²) in [7, 11) is -3.72. The highest BCUT2D eigenvalue weighted by Gasteiger charge is 2.40. The molecule has 0 aromatic carbocycles. The topological polar surface area (TPSA) is 116 Å². The van der Waals surface area contributed by atoms with Crippen molar-refractivity contribution in [1.29, 1.82) is 0 Å². The van der Waals surface area contributed by atoms with Gasteiger partial charge in [-0.2, -0.15) is 0 Å². The van der Waals surface area contributed by atoms with Gasteiger partial charge in [0.05, 0.1) is 5.57 Å². The van der Waals surface area contributed by atoms with E-state index < -0.39 is 33.6 Å². The van der Waals surface area contributed by atoms with Crippen LogP contribution in [0.5, 0.6) is 0 Å². The van der Waals surface area contributed by atoms with Crippen LogP contribution in [-0.4, -0.2) is 32.2 Å². The molecule has 2 rings (SSSR count). The van der Waals surface area contributed by atoms with Crippen LogP contribution in [0.4, 0.5) is 4.79 Å². The molecule has 96 valence electrons. The summed E-state index contributed by atoms with van der Waals surface area (Å²) in [6.07, 6.45) is 3.23. The lowest BCUT2D eigenvalue weighted by Crippen LogP contribution is -2.43. The molecule has 0 radical (unpaired) electrons. The van der Waals surface area contributed by atoms with Gasteiger partial charge in [0.25, 0.3) is 0 Å². The summed E-state index contributed by atoms with van der Waals surface area (Å²) in [5.41, 5.74) is 4.76. The standard InChI is InChI=1S/C10H10N2O5S/c11-10(14)17-7-5-18(15,16)9-6(8(7)13)3-1-2-4-12-9/h1-4,7,12H,5H2,(H2,11,14). The number of allylic oxidation sites excluding steroid dienone is 3. The number of carbonyl (C=O) groups excluding carboxylic acids is 2. The second kappa shape index (κ2) is 4.30. The normalized spacial score (nSPS) is 25.1. The molecule has 0 aliphatic carbocycles. The van der Waals surface area contributed by atoms with Crippen molar-refractivity contribution in [2.75, 3.05) is 5.75 Å². The van der Waals surface area contributed by atoms with Gasteiger partial charge in [-0.3, -0.25) is 4.79 Å². The van der Waals surface area contributed by atoms with Crippen molar-refractivity contribution >= 4 is 21.7 Å². The van der Waals surface area contributed by atoms with E-state index >= 15 is 0 Å². The molecule has 0 aromatic rings. The first-order valence-corrected chi connectivity index (χ1v) is 6.64. The minimum atomic E-state index is -3.72. The molecule has 1 amide bonds. The summed E-state index contributed by atoms with van der Waals surface area (Å²) in [5.74, 6) is -1.20. The van der Waals surface area contributed by atoms with Gasteiger partial charge >= 0.3 is 6.09 Å². The van der Waals surface area contributed by atoms with Gasteiger partial charge in [0.15, 0.2) is 15.9 Å². The number of nitrogens with two attached hydrogens (primary N) is 1. The average Bonchev–Trinajstić information content (AvgIpc) is 2.50. The summed E-state index contributed by atoms with van der Waals surface area (Å²) < 4.78 is 28.4. The Morgan fingerprint density at radius 2 is 2.17 bits per heavy atom. The van der Waals surface area contributed by atoms with Crippen LogP contribution in [0.25, 0.3) is 0 Å². The fourth-order valence-corrected chi connectivity index (χ4v) is 3.23. The Morgan fingerprint density at radius 1 is 1.44 bits per heavy atom. The van der Waals surface area contributed by atoms with Crippen LogP contribution in [0, 0.1) is 0 Å². The summed E-state index contributed by atoms with van der Waals surface area (Å²) >= 11 is 0. The SMILES string of the molecule is NC(=O)OC1CS(=O)(=O)C2=C(C=CC=CN2)C1=O. The molecule has 2 aliphatic rings. The number of primary amides is 1. The van der Waals surface area contributed by atoms with Crippen LogP contribution >= 0.6 is 0 Å². The van der Waals surface area contributed by atoms with Gasteiger partial charge in [-0.15, -0.1) is 0 Å². The van der Waals surface area contributed by atoms with Crippen molar-refractivity contribution in [3.05, 3.63) is 35.0 Å². The zero-order valence-corrected chi connectivity index (χ0v) is 9.94. The first-order valence-electron chi connectivity index (χ1n) is 4.99. The molecule has 8 heteroatoms. The van der Waals surface area contributed by atoms with Crippen LogP contribution in [0.1, 0.15) is 0 Å². The van der Waals surface area contributed by atoms with Gasteiger partial charge in [0, 0.05) is 6.20 Å². The highest BCUT2D eigenvalue weighted by atomic mass is 32.2. The Hall–Kier alpha value is -2.09. The van der Waals surface area contributed by atoms with Crippen molar-refractivity contribution < 1.29 is 22.7 Å². The number of ketones is 1. The van der Waals surface area contributed by atoms with E-state index in [0.29, 0.717) is 0 Å². The summed E-state index contributed by atoms with van der Waals surface area (Å²) in [4.78, 5) is 22.6. The monoisotopic (exact) mass is 270 g/mol. The maximum Gasteiger partial charge on any atom is 0.405 e. The fourth-order valence-electron chi connectivity index (χ4n) is 1.70. The molecule has 3 N–H and O–H groups in total. The zero-order valence-electron chi connectivity index (χ0n) is 9.12. The molecule has 1 unspecified atom stereocenters. The Balaban J connectivity index is 2.48. The summed E-state index contributed by atoms with van der Waals surface area (Å²) in [6, 6.07) is 0. The number of hydrogen-bond donors (Lipinski definition) is 2. The summed E-state index contributed by atoms with van der Waals surface area (Å²) in [6.45, 7) is 0. The van der Waals surface area contributed by atoms with Gasteiger partial charge in [0.2, 0.25) is 5.78 Å². The van der Waals surface area contributed by atoms with Crippen molar-refractivity contribution in [2.24, 2.45) is 5.73 Å². The second-order valence-corrected chi connectivity index (χ2v) is 5.65. The number of rotatable bonds is 1. The Kier molecular flexibility index (Phi) is 2.95. The fraction of sp³-hybridized carbons (Fsp3) is 0.200. The predicted octanol–water partition coefficient (Wildman–Crippen LogP) is -0.667. The second-order valence-electron chi connectivity index (χ2n) is 3.68. The van der Waals surface area contributed by atoms with Gasteiger partial charge in [-0.25, -0.2) is 13.2 Å². The number of hydrogen-bond acceptors (Lipinski definition) is 6. The zero-order chi connectivity index (χ0) is 13.3. The van der Waals surface area contributed by atoms with E-state index in [1.54, 1.807) is 6.08 Å². The van der Waals surface area contributed by atoms with Crippen molar-refractivity contribution in [1.82, 2.24) is 5.32 Å². The van der Waals surface area contributed by atoms with Gasteiger partial charge in [-0.05, 0) is 12.2 Å². The number of sulfone groups is 1. The molecule has 0 saturated heterocycles. The van der Waals surface area contributed by atoms with Gasteiger partial charge < -0.3 is 15.8 Å². The number of carbonyl (C=O) groups is 2. The molecule has 0 aromatic heterocycles. The third kappa shape index (κ3) is 2.14. The van der Waals surface area contributed by atoms with Crippen LogP contribution < -0.4 is 11.1 Å². The maximum absolute atomic E-state index is 12.0. The molecule has 1 atom stereocenters. The molecule has 2 aliphatic heterocycles. The predicted molar refractivity (Wildman–Crippen MR) is 61.7 cm³/mol. The lowest BCUT2D eigenvalue weighted by molar-refractivity contribution is -0.122. The summed E-state index contributed by atoms with van der Waals surface area (Å²) in [5, 5.41) is 2.36. The van der Waals surface area contributed by atoms with Crippen LogP contribution in [0.3, 0.4) is 0 Å². The van der Waals surface area contributed by atoms with Crippen LogP contribution in [0.15, 0.2) is 35.0 Å². The van der Waals surface area contributed by atoms with Crippen molar-refractivity contribution in [3.63, 3.8) is 0 Å². The molecular weight excluding hydrogens is 260 g/mol. The first-order chi connectivity index (χ1) is 8.42. The molecule has 0 fully saturated rings. The highest BCUT2D eigenvalue weighted by Crippen LogP contribution is 2.24.